The molecule has 2 fully saturated rings. The molecule has 2 saturated heterocycles. The van der Waals surface area contributed by atoms with Crippen LogP contribution in [0.2, 0.25) is 5.15 Å². The van der Waals surface area contributed by atoms with Crippen molar-refractivity contribution in [2.45, 2.75) is 12.8 Å². The van der Waals surface area contributed by atoms with Crippen LogP contribution in [-0.2, 0) is 9.53 Å². The lowest BCUT2D eigenvalue weighted by molar-refractivity contribution is -0.140. The Balaban J connectivity index is 1.60. The Labute approximate surface area is 138 Å². The van der Waals surface area contributed by atoms with Gasteiger partial charge in [0.15, 0.2) is 5.15 Å². The molecule has 1 aromatic heterocycles. The van der Waals surface area contributed by atoms with Crippen LogP contribution in [0, 0.1) is 17.2 Å². The highest BCUT2D eigenvalue weighted by molar-refractivity contribution is 7.10. The Morgan fingerprint density at radius 3 is 2.64 bits per heavy atom. The second-order valence-electron chi connectivity index (χ2n) is 5.46. The van der Waals surface area contributed by atoms with Crippen LogP contribution in [0.4, 0.5) is 5.00 Å². The van der Waals surface area contributed by atoms with Crippen LogP contribution in [0.25, 0.3) is 0 Å². The summed E-state index contributed by atoms with van der Waals surface area (Å²) in [6, 6.07) is 2.11. The van der Waals surface area contributed by atoms with Crippen molar-refractivity contribution in [1.29, 1.82) is 5.26 Å². The minimum Gasteiger partial charge on any atom is -0.378 e. The number of ether oxygens (including phenoxy) is 1. The minimum absolute atomic E-state index is 0.0725. The number of hydrogen-bond donors (Lipinski definition) is 0. The second-order valence-corrected chi connectivity index (χ2v) is 6.57. The van der Waals surface area contributed by atoms with E-state index in [1.807, 2.05) is 4.90 Å². The number of aromatic nitrogens is 1. The van der Waals surface area contributed by atoms with Crippen LogP contribution in [0.1, 0.15) is 18.4 Å². The standard InChI is InChI=1S/C14H17ClN4O2S/c15-12-11(9-16)14(22-17-12)19-3-1-10(2-4-19)13(20)18-5-7-21-8-6-18/h10H,1-8H2. The molecule has 2 aliphatic rings. The third-order valence-corrected chi connectivity index (χ3v) is 5.48. The maximum absolute atomic E-state index is 12.5. The lowest BCUT2D eigenvalue weighted by Crippen LogP contribution is -2.46. The first-order chi connectivity index (χ1) is 10.7. The monoisotopic (exact) mass is 340 g/mol. The largest absolute Gasteiger partial charge is 0.378 e. The average Bonchev–Trinajstić information content (AvgIpc) is 2.96. The van der Waals surface area contributed by atoms with Gasteiger partial charge >= 0.3 is 0 Å². The van der Waals surface area contributed by atoms with Crippen molar-refractivity contribution in [2.24, 2.45) is 5.92 Å². The van der Waals surface area contributed by atoms with E-state index in [1.54, 1.807) is 0 Å². The Hall–Kier alpha value is -1.36. The molecule has 0 unspecified atom stereocenters. The van der Waals surface area contributed by atoms with Gasteiger partial charge in [-0.3, -0.25) is 4.79 Å². The Morgan fingerprint density at radius 2 is 2.00 bits per heavy atom. The number of morpholine rings is 1. The fourth-order valence-corrected chi connectivity index (χ4v) is 4.02. The molecule has 118 valence electrons. The Morgan fingerprint density at radius 1 is 1.32 bits per heavy atom. The van der Waals surface area contributed by atoms with Crippen LogP contribution < -0.4 is 4.90 Å². The van der Waals surface area contributed by atoms with Gasteiger partial charge in [-0.15, -0.1) is 0 Å². The summed E-state index contributed by atoms with van der Waals surface area (Å²) >= 11 is 7.18. The van der Waals surface area contributed by atoms with E-state index in [0.29, 0.717) is 31.9 Å². The number of piperidine rings is 1. The van der Waals surface area contributed by atoms with Crippen molar-refractivity contribution in [3.8, 4) is 6.07 Å². The number of amides is 1. The van der Waals surface area contributed by atoms with Crippen LogP contribution in [0.3, 0.4) is 0 Å². The zero-order valence-electron chi connectivity index (χ0n) is 12.1. The number of carbonyl (C=O) groups is 1. The molecule has 0 saturated carbocycles. The van der Waals surface area contributed by atoms with Crippen molar-refractivity contribution in [1.82, 2.24) is 9.27 Å². The van der Waals surface area contributed by atoms with E-state index in [9.17, 15) is 4.79 Å². The van der Waals surface area contributed by atoms with E-state index in [4.69, 9.17) is 21.6 Å². The molecular weight excluding hydrogens is 324 g/mol. The fraction of sp³-hybridized carbons (Fsp3) is 0.643. The highest BCUT2D eigenvalue weighted by atomic mass is 35.5. The highest BCUT2D eigenvalue weighted by Crippen LogP contribution is 2.34. The first-order valence-corrected chi connectivity index (χ1v) is 8.52. The summed E-state index contributed by atoms with van der Waals surface area (Å²) in [6.45, 7) is 4.18. The molecular formula is C14H17ClN4O2S. The summed E-state index contributed by atoms with van der Waals surface area (Å²) < 4.78 is 9.33. The quantitative estimate of drug-likeness (QED) is 0.820. The fourth-order valence-electron chi connectivity index (χ4n) is 2.94. The van der Waals surface area contributed by atoms with Crippen molar-refractivity contribution in [3.05, 3.63) is 10.7 Å². The first kappa shape index (κ1) is 15.5. The lowest BCUT2D eigenvalue weighted by Gasteiger charge is -2.35. The zero-order valence-corrected chi connectivity index (χ0v) is 13.7. The summed E-state index contributed by atoms with van der Waals surface area (Å²) in [4.78, 5) is 16.5. The number of nitrogens with zero attached hydrogens (tertiary/aromatic N) is 4. The first-order valence-electron chi connectivity index (χ1n) is 7.37. The van der Waals surface area contributed by atoms with Gasteiger partial charge in [0.1, 0.15) is 16.6 Å². The summed E-state index contributed by atoms with van der Waals surface area (Å²) in [5, 5.41) is 10.3. The lowest BCUT2D eigenvalue weighted by atomic mass is 9.95. The normalized spacial score (nSPS) is 20.0. The summed E-state index contributed by atoms with van der Waals surface area (Å²) in [5.74, 6) is 0.314. The van der Waals surface area contributed by atoms with E-state index >= 15 is 0 Å². The summed E-state index contributed by atoms with van der Waals surface area (Å²) in [5.41, 5.74) is 0.449. The zero-order chi connectivity index (χ0) is 15.5. The maximum atomic E-state index is 12.5. The van der Waals surface area contributed by atoms with Crippen LogP contribution in [0.15, 0.2) is 0 Å². The third-order valence-electron chi connectivity index (χ3n) is 4.20. The SMILES string of the molecule is N#Cc1c(Cl)nsc1N1CCC(C(=O)N2CCOCC2)CC1. The molecule has 3 rings (SSSR count). The van der Waals surface area contributed by atoms with E-state index in [1.165, 1.54) is 11.5 Å². The Bertz CT molecular complexity index is 586. The van der Waals surface area contributed by atoms with Crippen molar-refractivity contribution in [3.63, 3.8) is 0 Å². The number of carbonyl (C=O) groups excluding carboxylic acids is 1. The van der Waals surface area contributed by atoms with Crippen molar-refractivity contribution < 1.29 is 9.53 Å². The molecule has 6 nitrogen and oxygen atoms in total. The minimum atomic E-state index is 0.0725. The highest BCUT2D eigenvalue weighted by Gasteiger charge is 2.31. The molecule has 2 aliphatic heterocycles. The second kappa shape index (κ2) is 6.82. The number of rotatable bonds is 2. The van der Waals surface area contributed by atoms with Crippen molar-refractivity contribution in [2.75, 3.05) is 44.3 Å². The molecule has 1 aromatic rings. The van der Waals surface area contributed by atoms with Crippen LogP contribution >= 0.6 is 23.1 Å². The molecule has 0 aromatic carbocycles. The van der Waals surface area contributed by atoms with Gasteiger partial charge in [0.25, 0.3) is 0 Å². The van der Waals surface area contributed by atoms with E-state index in [-0.39, 0.29) is 17.0 Å². The average molecular weight is 341 g/mol. The number of anilines is 1. The topological polar surface area (TPSA) is 69.5 Å². The number of nitriles is 1. The van der Waals surface area contributed by atoms with E-state index in [2.05, 4.69) is 15.3 Å². The third kappa shape index (κ3) is 3.05. The predicted octanol–water partition coefficient (Wildman–Crippen LogP) is 1.74. The number of hydrogen-bond acceptors (Lipinski definition) is 6. The van der Waals surface area contributed by atoms with Gasteiger partial charge in [0, 0.05) is 32.1 Å². The van der Waals surface area contributed by atoms with E-state index in [0.717, 1.165) is 30.9 Å². The molecule has 0 atom stereocenters. The molecule has 0 spiro atoms. The molecule has 1 amide bonds. The maximum Gasteiger partial charge on any atom is 0.225 e. The molecule has 3 heterocycles. The van der Waals surface area contributed by atoms with Gasteiger partial charge in [0.05, 0.1) is 13.2 Å². The summed E-state index contributed by atoms with van der Waals surface area (Å²) in [7, 11) is 0. The van der Waals surface area contributed by atoms with Gasteiger partial charge in [-0.2, -0.15) is 9.64 Å². The van der Waals surface area contributed by atoms with E-state index < -0.39 is 0 Å². The smallest absolute Gasteiger partial charge is 0.225 e. The van der Waals surface area contributed by atoms with Crippen molar-refractivity contribution >= 4 is 34.0 Å². The molecule has 0 N–H and O–H groups in total. The predicted molar refractivity (Wildman–Crippen MR) is 84.2 cm³/mol. The van der Waals surface area contributed by atoms with Gasteiger partial charge in [-0.05, 0) is 24.4 Å². The van der Waals surface area contributed by atoms with Crippen LogP contribution in [-0.4, -0.2) is 54.6 Å². The van der Waals surface area contributed by atoms with Gasteiger partial charge in [-0.25, -0.2) is 0 Å². The van der Waals surface area contributed by atoms with Gasteiger partial charge < -0.3 is 14.5 Å². The molecule has 0 radical (unpaired) electrons. The number of halogens is 1. The molecule has 8 heteroatoms. The molecule has 22 heavy (non-hydrogen) atoms. The van der Waals surface area contributed by atoms with Gasteiger partial charge in [-0.1, -0.05) is 11.6 Å². The molecule has 0 aliphatic carbocycles. The summed E-state index contributed by atoms with van der Waals surface area (Å²) in [6.07, 6.45) is 1.60. The van der Waals surface area contributed by atoms with Gasteiger partial charge in [0.2, 0.25) is 5.91 Å². The Kier molecular flexibility index (Phi) is 4.81. The molecule has 0 bridgehead atoms. The van der Waals surface area contributed by atoms with Crippen LogP contribution in [0.5, 0.6) is 0 Å².